The lowest BCUT2D eigenvalue weighted by atomic mass is 9.96. The number of H-pyrrole nitrogens is 1. The van der Waals surface area contributed by atoms with E-state index in [9.17, 15) is 4.79 Å². The Morgan fingerprint density at radius 1 is 1.44 bits per heavy atom. The first-order chi connectivity index (χ1) is 8.76. The van der Waals surface area contributed by atoms with E-state index in [-0.39, 0.29) is 5.56 Å². The lowest BCUT2D eigenvalue weighted by Gasteiger charge is -2.33. The van der Waals surface area contributed by atoms with Crippen LogP contribution in [0.5, 0.6) is 0 Å². The minimum absolute atomic E-state index is 0.000483. The maximum Gasteiger partial charge on any atom is 0.252 e. The molecule has 2 heterocycles. The summed E-state index contributed by atoms with van der Waals surface area (Å²) < 4.78 is 0. The van der Waals surface area contributed by atoms with Gasteiger partial charge in [0.1, 0.15) is 11.6 Å². The van der Waals surface area contributed by atoms with Crippen LogP contribution >= 0.6 is 0 Å². The van der Waals surface area contributed by atoms with Crippen molar-refractivity contribution in [3.8, 4) is 0 Å². The number of anilines is 1. The van der Waals surface area contributed by atoms with Gasteiger partial charge in [0, 0.05) is 25.1 Å². The Bertz CT molecular complexity index is 478. The molecule has 1 unspecified atom stereocenters. The highest BCUT2D eigenvalue weighted by Gasteiger charge is 2.27. The number of aromatic amines is 1. The van der Waals surface area contributed by atoms with Crippen LogP contribution in [0, 0.1) is 5.92 Å². The van der Waals surface area contributed by atoms with Gasteiger partial charge in [-0.1, -0.05) is 13.3 Å². The maximum atomic E-state index is 11.7. The average molecular weight is 247 g/mol. The fraction of sp³-hybridized carbons (Fsp3) is 0.714. The molecule has 1 aromatic rings. The van der Waals surface area contributed by atoms with Crippen LogP contribution in [0.25, 0.3) is 0 Å². The van der Waals surface area contributed by atoms with Gasteiger partial charge in [-0.3, -0.25) is 4.79 Å². The molecule has 1 aromatic heterocycles. The van der Waals surface area contributed by atoms with Gasteiger partial charge in [-0.15, -0.1) is 0 Å². The smallest absolute Gasteiger partial charge is 0.252 e. The number of hydrogen-bond donors (Lipinski definition) is 1. The third kappa shape index (κ3) is 2.42. The van der Waals surface area contributed by atoms with Gasteiger partial charge in [0.25, 0.3) is 5.56 Å². The SMILES string of the molecule is CCC1CCCN(c2cc(=O)[nH]c(C3CC3)n2)C1. The summed E-state index contributed by atoms with van der Waals surface area (Å²) in [5.74, 6) is 3.04. The Morgan fingerprint density at radius 3 is 3.00 bits per heavy atom. The summed E-state index contributed by atoms with van der Waals surface area (Å²) in [6.45, 7) is 4.34. The Morgan fingerprint density at radius 2 is 2.28 bits per heavy atom. The number of nitrogens with one attached hydrogen (secondary N) is 1. The van der Waals surface area contributed by atoms with Crippen LogP contribution in [0.1, 0.15) is 50.8 Å². The zero-order valence-corrected chi connectivity index (χ0v) is 11.0. The minimum atomic E-state index is 0.000483. The van der Waals surface area contributed by atoms with Crippen molar-refractivity contribution in [3.05, 3.63) is 22.2 Å². The molecule has 98 valence electrons. The summed E-state index contributed by atoms with van der Waals surface area (Å²) in [6, 6.07) is 1.66. The molecule has 2 aliphatic rings. The van der Waals surface area contributed by atoms with Gasteiger partial charge in [-0.2, -0.15) is 0 Å². The quantitative estimate of drug-likeness (QED) is 0.891. The van der Waals surface area contributed by atoms with Crippen LogP contribution in [0.2, 0.25) is 0 Å². The average Bonchev–Trinajstić information content (AvgIpc) is 3.22. The van der Waals surface area contributed by atoms with E-state index in [0.29, 0.717) is 5.92 Å². The van der Waals surface area contributed by atoms with Crippen molar-refractivity contribution in [2.45, 2.75) is 44.9 Å². The maximum absolute atomic E-state index is 11.7. The molecule has 18 heavy (non-hydrogen) atoms. The van der Waals surface area contributed by atoms with Crippen molar-refractivity contribution in [2.24, 2.45) is 5.92 Å². The molecule has 0 amide bonds. The van der Waals surface area contributed by atoms with Crippen LogP contribution in [0.3, 0.4) is 0 Å². The molecule has 4 nitrogen and oxygen atoms in total. The first-order valence-electron chi connectivity index (χ1n) is 7.12. The van der Waals surface area contributed by atoms with Gasteiger partial charge < -0.3 is 9.88 Å². The van der Waals surface area contributed by atoms with E-state index in [0.717, 1.165) is 30.6 Å². The summed E-state index contributed by atoms with van der Waals surface area (Å²) in [7, 11) is 0. The summed E-state index contributed by atoms with van der Waals surface area (Å²) in [4.78, 5) is 21.5. The van der Waals surface area contributed by atoms with Crippen LogP contribution in [-0.4, -0.2) is 23.1 Å². The molecular formula is C14H21N3O. The van der Waals surface area contributed by atoms with E-state index in [2.05, 4.69) is 21.8 Å². The highest BCUT2D eigenvalue weighted by Crippen LogP contribution is 2.38. The fourth-order valence-corrected chi connectivity index (χ4v) is 2.78. The second-order valence-corrected chi connectivity index (χ2v) is 5.63. The molecule has 0 spiro atoms. The second-order valence-electron chi connectivity index (χ2n) is 5.63. The number of aromatic nitrogens is 2. The second kappa shape index (κ2) is 4.75. The van der Waals surface area contributed by atoms with Crippen molar-refractivity contribution >= 4 is 5.82 Å². The number of hydrogen-bond acceptors (Lipinski definition) is 3. The Hall–Kier alpha value is -1.32. The van der Waals surface area contributed by atoms with Crippen molar-refractivity contribution in [2.75, 3.05) is 18.0 Å². The van der Waals surface area contributed by atoms with Crippen molar-refractivity contribution in [1.29, 1.82) is 0 Å². The number of nitrogens with zero attached hydrogens (tertiary/aromatic N) is 2. The zero-order valence-electron chi connectivity index (χ0n) is 11.0. The molecule has 1 N–H and O–H groups in total. The predicted molar refractivity (Wildman–Crippen MR) is 72.1 cm³/mol. The Labute approximate surface area is 107 Å². The molecule has 1 saturated carbocycles. The summed E-state index contributed by atoms with van der Waals surface area (Å²) in [5.41, 5.74) is 0.000483. The van der Waals surface area contributed by atoms with E-state index in [1.54, 1.807) is 6.07 Å². The molecule has 3 rings (SSSR count). The molecule has 1 saturated heterocycles. The lowest BCUT2D eigenvalue weighted by molar-refractivity contribution is 0.402. The van der Waals surface area contributed by atoms with Crippen LogP contribution in [-0.2, 0) is 0 Å². The monoisotopic (exact) mass is 247 g/mol. The third-order valence-corrected chi connectivity index (χ3v) is 4.13. The van der Waals surface area contributed by atoms with E-state index < -0.39 is 0 Å². The van der Waals surface area contributed by atoms with Crippen LogP contribution < -0.4 is 10.5 Å². The predicted octanol–water partition coefficient (Wildman–Crippen LogP) is 2.27. The molecular weight excluding hydrogens is 226 g/mol. The molecule has 1 aliphatic heterocycles. The van der Waals surface area contributed by atoms with Gasteiger partial charge in [-0.25, -0.2) is 4.98 Å². The molecule has 4 heteroatoms. The molecule has 0 bridgehead atoms. The largest absolute Gasteiger partial charge is 0.356 e. The van der Waals surface area contributed by atoms with E-state index >= 15 is 0 Å². The zero-order chi connectivity index (χ0) is 12.5. The molecule has 0 aromatic carbocycles. The normalized spacial score (nSPS) is 24.3. The van der Waals surface area contributed by atoms with Gasteiger partial charge in [0.15, 0.2) is 0 Å². The molecule has 0 radical (unpaired) electrons. The first-order valence-corrected chi connectivity index (χ1v) is 7.12. The number of rotatable bonds is 3. The molecule has 1 aliphatic carbocycles. The van der Waals surface area contributed by atoms with Crippen molar-refractivity contribution < 1.29 is 0 Å². The summed E-state index contributed by atoms with van der Waals surface area (Å²) in [6.07, 6.45) is 6.08. The first kappa shape index (κ1) is 11.8. The highest BCUT2D eigenvalue weighted by atomic mass is 16.1. The van der Waals surface area contributed by atoms with Gasteiger partial charge in [0.05, 0.1) is 0 Å². The molecule has 1 atom stereocenters. The highest BCUT2D eigenvalue weighted by molar-refractivity contribution is 5.38. The van der Waals surface area contributed by atoms with Gasteiger partial charge in [-0.05, 0) is 31.6 Å². The Balaban J connectivity index is 1.84. The van der Waals surface area contributed by atoms with E-state index in [4.69, 9.17) is 0 Å². The fourth-order valence-electron chi connectivity index (χ4n) is 2.78. The topological polar surface area (TPSA) is 49.0 Å². The van der Waals surface area contributed by atoms with E-state index in [1.165, 1.54) is 32.1 Å². The summed E-state index contributed by atoms with van der Waals surface area (Å²) in [5, 5.41) is 0. The Kier molecular flexibility index (Phi) is 3.10. The third-order valence-electron chi connectivity index (χ3n) is 4.13. The summed E-state index contributed by atoms with van der Waals surface area (Å²) >= 11 is 0. The standard InChI is InChI=1S/C14H21N3O/c1-2-10-4-3-7-17(9-10)12-8-13(18)16-14(15-12)11-5-6-11/h8,10-11H,2-7,9H2,1H3,(H,15,16,18). The van der Waals surface area contributed by atoms with Crippen molar-refractivity contribution in [1.82, 2.24) is 9.97 Å². The van der Waals surface area contributed by atoms with E-state index in [1.807, 2.05) is 0 Å². The van der Waals surface area contributed by atoms with Crippen LogP contribution in [0.15, 0.2) is 10.9 Å². The van der Waals surface area contributed by atoms with Crippen LogP contribution in [0.4, 0.5) is 5.82 Å². The number of piperidine rings is 1. The lowest BCUT2D eigenvalue weighted by Crippen LogP contribution is -2.36. The minimum Gasteiger partial charge on any atom is -0.356 e. The van der Waals surface area contributed by atoms with Gasteiger partial charge >= 0.3 is 0 Å². The molecule has 2 fully saturated rings. The van der Waals surface area contributed by atoms with Gasteiger partial charge in [0.2, 0.25) is 0 Å². The van der Waals surface area contributed by atoms with Crippen molar-refractivity contribution in [3.63, 3.8) is 0 Å².